The molecule has 2 aromatic rings. The zero-order valence-electron chi connectivity index (χ0n) is 16.0. The van der Waals surface area contributed by atoms with Crippen LogP contribution in [0.1, 0.15) is 13.3 Å². The summed E-state index contributed by atoms with van der Waals surface area (Å²) in [5.41, 5.74) is 1.28. The molecule has 2 atom stereocenters. The molecule has 2 N–H and O–H groups in total. The van der Waals surface area contributed by atoms with Crippen LogP contribution < -0.4 is 20.3 Å². The molecule has 0 saturated carbocycles. The highest BCUT2D eigenvalue weighted by Gasteiger charge is 2.23. The van der Waals surface area contributed by atoms with E-state index in [0.29, 0.717) is 12.6 Å². The predicted octanol–water partition coefficient (Wildman–Crippen LogP) is 3.52. The number of ether oxygens (including phenoxy) is 1. The molecule has 146 valence electrons. The molecule has 6 heteroatoms. The van der Waals surface area contributed by atoms with Gasteiger partial charge >= 0.3 is 0 Å². The van der Waals surface area contributed by atoms with Crippen LogP contribution in [-0.4, -0.2) is 44.8 Å². The van der Waals surface area contributed by atoms with Crippen molar-refractivity contribution in [1.29, 1.82) is 0 Å². The van der Waals surface area contributed by atoms with Crippen molar-refractivity contribution >= 4 is 35.6 Å². The summed E-state index contributed by atoms with van der Waals surface area (Å²) in [6, 6.07) is 20.9. The summed E-state index contributed by atoms with van der Waals surface area (Å²) in [7, 11) is 1.81. The van der Waals surface area contributed by atoms with Gasteiger partial charge in [-0.3, -0.25) is 4.99 Å². The molecule has 0 amide bonds. The fourth-order valence-electron chi connectivity index (χ4n) is 3.15. The van der Waals surface area contributed by atoms with Crippen molar-refractivity contribution < 1.29 is 4.74 Å². The van der Waals surface area contributed by atoms with Crippen molar-refractivity contribution in [2.24, 2.45) is 4.99 Å². The number of guanidine groups is 1. The van der Waals surface area contributed by atoms with Gasteiger partial charge in [0.1, 0.15) is 11.9 Å². The van der Waals surface area contributed by atoms with E-state index < -0.39 is 0 Å². The Kier molecular flexibility index (Phi) is 8.71. The van der Waals surface area contributed by atoms with Crippen molar-refractivity contribution in [3.63, 3.8) is 0 Å². The number of aliphatic imine (C=N–C) groups is 1. The first kappa shape index (κ1) is 21.3. The molecule has 0 bridgehead atoms. The number of nitrogens with zero attached hydrogens (tertiary/aromatic N) is 2. The van der Waals surface area contributed by atoms with Gasteiger partial charge in [0.15, 0.2) is 5.96 Å². The summed E-state index contributed by atoms with van der Waals surface area (Å²) in [6.07, 6.45) is 1.16. The van der Waals surface area contributed by atoms with E-state index in [-0.39, 0.29) is 30.1 Å². The quantitative estimate of drug-likeness (QED) is 0.378. The third kappa shape index (κ3) is 6.61. The molecule has 0 radical (unpaired) electrons. The van der Waals surface area contributed by atoms with Crippen LogP contribution in [0.2, 0.25) is 0 Å². The minimum atomic E-state index is 0. The summed E-state index contributed by atoms with van der Waals surface area (Å²) in [5, 5.41) is 6.89. The predicted molar refractivity (Wildman–Crippen MR) is 124 cm³/mol. The third-order valence-electron chi connectivity index (χ3n) is 4.51. The smallest absolute Gasteiger partial charge is 0.191 e. The molecule has 1 aliphatic heterocycles. The van der Waals surface area contributed by atoms with Gasteiger partial charge in [0.25, 0.3) is 0 Å². The van der Waals surface area contributed by atoms with Crippen LogP contribution in [0.15, 0.2) is 65.7 Å². The summed E-state index contributed by atoms with van der Waals surface area (Å²) in [4.78, 5) is 6.76. The van der Waals surface area contributed by atoms with E-state index in [1.165, 1.54) is 5.69 Å². The molecule has 1 saturated heterocycles. The third-order valence-corrected chi connectivity index (χ3v) is 4.51. The largest absolute Gasteiger partial charge is 0.489 e. The van der Waals surface area contributed by atoms with E-state index in [2.05, 4.69) is 57.8 Å². The molecule has 2 unspecified atom stereocenters. The molecular weight excluding hydrogens is 451 g/mol. The number of benzene rings is 2. The lowest BCUT2D eigenvalue weighted by Crippen LogP contribution is -2.47. The summed E-state index contributed by atoms with van der Waals surface area (Å²) < 4.78 is 5.90. The molecule has 27 heavy (non-hydrogen) atoms. The molecule has 3 rings (SSSR count). The van der Waals surface area contributed by atoms with Crippen LogP contribution in [0.4, 0.5) is 5.69 Å². The molecule has 5 nitrogen and oxygen atoms in total. The van der Waals surface area contributed by atoms with Gasteiger partial charge < -0.3 is 20.3 Å². The van der Waals surface area contributed by atoms with E-state index in [0.717, 1.165) is 31.2 Å². The van der Waals surface area contributed by atoms with Crippen molar-refractivity contribution in [3.8, 4) is 5.75 Å². The highest BCUT2D eigenvalue weighted by Crippen LogP contribution is 2.19. The molecule has 0 aromatic heterocycles. The van der Waals surface area contributed by atoms with Crippen LogP contribution in [0.25, 0.3) is 0 Å². The van der Waals surface area contributed by atoms with Gasteiger partial charge in [-0.1, -0.05) is 36.4 Å². The van der Waals surface area contributed by atoms with Gasteiger partial charge in [-0.2, -0.15) is 0 Å². The van der Waals surface area contributed by atoms with E-state index in [1.807, 2.05) is 37.4 Å². The highest BCUT2D eigenvalue weighted by atomic mass is 127. The Hall–Kier alpha value is -1.96. The summed E-state index contributed by atoms with van der Waals surface area (Å²) >= 11 is 0. The molecule has 0 spiro atoms. The standard InChI is InChI=1S/C21H28N4O.HI/c1-17(26-20-11-7-4-8-12-20)15-23-21(22-2)24-18-13-14-25(16-18)19-9-5-3-6-10-19;/h3-12,17-18H,13-16H2,1-2H3,(H2,22,23,24);1H. The van der Waals surface area contributed by atoms with Crippen LogP contribution in [0, 0.1) is 0 Å². The summed E-state index contributed by atoms with van der Waals surface area (Å²) in [6.45, 7) is 4.80. The Labute approximate surface area is 179 Å². The monoisotopic (exact) mass is 480 g/mol. The number of nitrogens with one attached hydrogen (secondary N) is 2. The molecule has 1 heterocycles. The van der Waals surface area contributed by atoms with Gasteiger partial charge in [0, 0.05) is 31.9 Å². The highest BCUT2D eigenvalue weighted by molar-refractivity contribution is 14.0. The molecule has 1 fully saturated rings. The Balaban J connectivity index is 0.00000261. The molecule has 0 aliphatic carbocycles. The van der Waals surface area contributed by atoms with Crippen molar-refractivity contribution in [2.45, 2.75) is 25.5 Å². The first-order chi connectivity index (χ1) is 12.7. The second kappa shape index (κ2) is 11.0. The van der Waals surface area contributed by atoms with Crippen LogP contribution in [0.5, 0.6) is 5.75 Å². The van der Waals surface area contributed by atoms with Crippen molar-refractivity contribution in [2.75, 3.05) is 31.6 Å². The van der Waals surface area contributed by atoms with Crippen LogP contribution >= 0.6 is 24.0 Å². The zero-order valence-corrected chi connectivity index (χ0v) is 18.3. The van der Waals surface area contributed by atoms with E-state index >= 15 is 0 Å². The Bertz CT molecular complexity index is 696. The average Bonchev–Trinajstić information content (AvgIpc) is 3.15. The van der Waals surface area contributed by atoms with E-state index in [4.69, 9.17) is 4.74 Å². The number of halogens is 1. The van der Waals surface area contributed by atoms with Crippen molar-refractivity contribution in [3.05, 3.63) is 60.7 Å². The minimum absolute atomic E-state index is 0. The first-order valence-corrected chi connectivity index (χ1v) is 9.23. The van der Waals surface area contributed by atoms with E-state index in [9.17, 15) is 0 Å². The van der Waals surface area contributed by atoms with Gasteiger partial charge in [0.2, 0.25) is 0 Å². The van der Waals surface area contributed by atoms with Gasteiger partial charge in [-0.25, -0.2) is 0 Å². The molecule has 1 aliphatic rings. The summed E-state index contributed by atoms with van der Waals surface area (Å²) in [5.74, 6) is 1.72. The lowest BCUT2D eigenvalue weighted by molar-refractivity contribution is 0.223. The normalized spacial score (nSPS) is 17.8. The minimum Gasteiger partial charge on any atom is -0.489 e. The number of hydrogen-bond donors (Lipinski definition) is 2. The maximum absolute atomic E-state index is 5.90. The molecule has 2 aromatic carbocycles. The average molecular weight is 480 g/mol. The molecular formula is C21H29IN4O. The van der Waals surface area contributed by atoms with Gasteiger partial charge in [-0.15, -0.1) is 24.0 Å². The van der Waals surface area contributed by atoms with Crippen molar-refractivity contribution in [1.82, 2.24) is 10.6 Å². The Morgan fingerprint density at radius 1 is 1.15 bits per heavy atom. The topological polar surface area (TPSA) is 48.9 Å². The van der Waals surface area contributed by atoms with Gasteiger partial charge in [-0.05, 0) is 37.6 Å². The number of anilines is 1. The van der Waals surface area contributed by atoms with Crippen LogP contribution in [0.3, 0.4) is 0 Å². The first-order valence-electron chi connectivity index (χ1n) is 9.23. The Morgan fingerprint density at radius 3 is 2.48 bits per heavy atom. The second-order valence-corrected chi connectivity index (χ2v) is 6.61. The fraction of sp³-hybridized carbons (Fsp3) is 0.381. The van der Waals surface area contributed by atoms with Gasteiger partial charge in [0.05, 0.1) is 6.54 Å². The zero-order chi connectivity index (χ0) is 18.2. The SMILES string of the molecule is CN=C(NCC(C)Oc1ccccc1)NC1CCN(c2ccccc2)C1.I. The number of para-hydroxylation sites is 2. The maximum atomic E-state index is 5.90. The number of rotatable bonds is 6. The Morgan fingerprint density at radius 2 is 1.81 bits per heavy atom. The number of hydrogen-bond acceptors (Lipinski definition) is 3. The van der Waals surface area contributed by atoms with Crippen LogP contribution in [-0.2, 0) is 0 Å². The van der Waals surface area contributed by atoms with E-state index in [1.54, 1.807) is 0 Å². The fourth-order valence-corrected chi connectivity index (χ4v) is 3.15. The maximum Gasteiger partial charge on any atom is 0.191 e. The lowest BCUT2D eigenvalue weighted by Gasteiger charge is -2.21. The second-order valence-electron chi connectivity index (χ2n) is 6.61. The lowest BCUT2D eigenvalue weighted by atomic mass is 10.2.